The fraction of sp³-hybridized carbons (Fsp3) is 0.905. The highest BCUT2D eigenvalue weighted by Crippen LogP contribution is 2.63. The fourth-order valence-electron chi connectivity index (χ4n) is 6.51. The minimum atomic E-state index is -0.239. The molecular formula is C21H39NO2. The van der Waals surface area contributed by atoms with Gasteiger partial charge in [-0.1, -0.05) is 33.4 Å². The summed E-state index contributed by atoms with van der Waals surface area (Å²) >= 11 is 0. The van der Waals surface area contributed by atoms with Crippen molar-refractivity contribution >= 4 is 0 Å². The van der Waals surface area contributed by atoms with Gasteiger partial charge in [0.2, 0.25) is 0 Å². The van der Waals surface area contributed by atoms with Crippen LogP contribution in [0.4, 0.5) is 0 Å². The van der Waals surface area contributed by atoms with E-state index >= 15 is 0 Å². The minimum absolute atomic E-state index is 0. The van der Waals surface area contributed by atoms with Gasteiger partial charge < -0.3 is 15.9 Å². The molecule has 0 aliphatic heterocycles. The van der Waals surface area contributed by atoms with Crippen molar-refractivity contribution in [1.82, 2.24) is 0 Å². The first-order chi connectivity index (χ1) is 10.9. The molecule has 3 aliphatic rings. The number of aliphatic hydroxyl groups excluding tert-OH is 2. The molecule has 0 amide bonds. The van der Waals surface area contributed by atoms with Crippen molar-refractivity contribution in [1.29, 1.82) is 0 Å². The lowest BCUT2D eigenvalue weighted by Gasteiger charge is -2.56. The van der Waals surface area contributed by atoms with Crippen LogP contribution in [0.15, 0.2) is 12.2 Å². The molecule has 3 nitrogen and oxygen atoms in total. The van der Waals surface area contributed by atoms with Crippen LogP contribution in [0.2, 0.25) is 0 Å². The molecule has 24 heavy (non-hydrogen) atoms. The Morgan fingerprint density at radius 3 is 2.50 bits per heavy atom. The van der Waals surface area contributed by atoms with Crippen LogP contribution >= 0.6 is 0 Å². The molecule has 140 valence electrons. The lowest BCUT2D eigenvalue weighted by molar-refractivity contribution is -0.0916. The molecular weight excluding hydrogens is 298 g/mol. The molecule has 0 saturated heterocycles. The molecule has 7 atom stereocenters. The fourth-order valence-corrected chi connectivity index (χ4v) is 6.51. The Bertz CT molecular complexity index is 465. The summed E-state index contributed by atoms with van der Waals surface area (Å²) in [4.78, 5) is 0. The normalized spacial score (nSPS) is 48.7. The Labute approximate surface area is 148 Å². The zero-order valence-corrected chi connectivity index (χ0v) is 14.9. The molecule has 0 bridgehead atoms. The summed E-state index contributed by atoms with van der Waals surface area (Å²) in [5.41, 5.74) is 8.12. The van der Waals surface area contributed by atoms with Crippen LogP contribution in [0.3, 0.4) is 0 Å². The maximum atomic E-state index is 10.0. The van der Waals surface area contributed by atoms with Gasteiger partial charge in [0.15, 0.2) is 0 Å². The van der Waals surface area contributed by atoms with Crippen molar-refractivity contribution in [2.24, 2.45) is 40.2 Å². The Hall–Kier alpha value is -0.380. The molecule has 0 aromatic carbocycles. The van der Waals surface area contributed by atoms with Gasteiger partial charge in [-0.2, -0.15) is 0 Å². The topological polar surface area (TPSA) is 66.5 Å². The summed E-state index contributed by atoms with van der Waals surface area (Å²) in [6.45, 7) is 10.1. The number of hydrogen-bond acceptors (Lipinski definition) is 3. The van der Waals surface area contributed by atoms with Gasteiger partial charge in [0.05, 0.1) is 6.10 Å². The monoisotopic (exact) mass is 337 g/mol. The highest BCUT2D eigenvalue weighted by molar-refractivity contribution is 5.20. The first-order valence-corrected chi connectivity index (χ1v) is 9.54. The maximum absolute atomic E-state index is 10.0. The molecule has 4 N–H and O–H groups in total. The average molecular weight is 338 g/mol. The van der Waals surface area contributed by atoms with E-state index in [2.05, 4.69) is 20.4 Å². The van der Waals surface area contributed by atoms with Crippen LogP contribution in [-0.4, -0.2) is 29.5 Å². The summed E-state index contributed by atoms with van der Waals surface area (Å²) in [6, 6.07) is 0. The highest BCUT2D eigenvalue weighted by atomic mass is 16.3. The van der Waals surface area contributed by atoms with E-state index in [1.54, 1.807) is 0 Å². The van der Waals surface area contributed by atoms with Crippen LogP contribution < -0.4 is 5.73 Å². The third kappa shape index (κ3) is 2.87. The van der Waals surface area contributed by atoms with Crippen molar-refractivity contribution in [2.45, 2.75) is 72.3 Å². The van der Waals surface area contributed by atoms with Crippen molar-refractivity contribution in [3.05, 3.63) is 12.2 Å². The summed E-state index contributed by atoms with van der Waals surface area (Å²) in [5, 5.41) is 20.0. The Morgan fingerprint density at radius 1 is 1.17 bits per heavy atom. The van der Waals surface area contributed by atoms with Gasteiger partial charge in [0.25, 0.3) is 0 Å². The minimum Gasteiger partial charge on any atom is -0.396 e. The van der Waals surface area contributed by atoms with Crippen molar-refractivity contribution < 1.29 is 10.2 Å². The van der Waals surface area contributed by atoms with Crippen LogP contribution in [0, 0.1) is 34.5 Å². The molecule has 3 saturated carbocycles. The molecule has 3 aliphatic carbocycles. The molecule has 0 heterocycles. The molecule has 3 fully saturated rings. The second-order valence-electron chi connectivity index (χ2n) is 9.02. The zero-order chi connectivity index (χ0) is 16.8. The van der Waals surface area contributed by atoms with Crippen LogP contribution in [0.1, 0.15) is 66.2 Å². The lowest BCUT2D eigenvalue weighted by atomic mass is 9.49. The van der Waals surface area contributed by atoms with E-state index in [1.165, 1.54) is 24.8 Å². The van der Waals surface area contributed by atoms with Gasteiger partial charge in [0.1, 0.15) is 0 Å². The third-order valence-corrected chi connectivity index (χ3v) is 8.24. The van der Waals surface area contributed by atoms with Gasteiger partial charge in [-0.05, 0) is 86.0 Å². The van der Waals surface area contributed by atoms with Crippen molar-refractivity contribution in [3.63, 3.8) is 0 Å². The van der Waals surface area contributed by atoms with Crippen LogP contribution in [-0.2, 0) is 0 Å². The number of aliphatic hydroxyl groups is 2. The second-order valence-corrected chi connectivity index (χ2v) is 9.02. The number of allylic oxidation sites excluding steroid dienone is 1. The molecule has 0 spiro atoms. The SMILES string of the molecule is C.C=C1CC[C@H]2[C@H](CN)[C@@H]([C@@]3(C)CC[C@H](O)C[C@@H]3CO)CC[C@]12C. The summed E-state index contributed by atoms with van der Waals surface area (Å²) < 4.78 is 0. The molecule has 0 unspecified atom stereocenters. The number of rotatable bonds is 3. The first-order valence-electron chi connectivity index (χ1n) is 9.54. The van der Waals surface area contributed by atoms with Gasteiger partial charge in [0, 0.05) is 6.61 Å². The molecule has 0 radical (unpaired) electrons. The van der Waals surface area contributed by atoms with Crippen molar-refractivity contribution in [3.8, 4) is 0 Å². The number of fused-ring (bicyclic) bond motifs is 1. The second kappa shape index (κ2) is 7.09. The quantitative estimate of drug-likeness (QED) is 0.687. The average Bonchev–Trinajstić information content (AvgIpc) is 2.84. The van der Waals surface area contributed by atoms with E-state index < -0.39 is 0 Å². The smallest absolute Gasteiger partial charge is 0.0544 e. The Morgan fingerprint density at radius 2 is 1.88 bits per heavy atom. The predicted molar refractivity (Wildman–Crippen MR) is 101 cm³/mol. The van der Waals surface area contributed by atoms with Gasteiger partial charge in [-0.25, -0.2) is 0 Å². The summed E-state index contributed by atoms with van der Waals surface area (Å²) in [7, 11) is 0. The summed E-state index contributed by atoms with van der Waals surface area (Å²) in [6.07, 6.45) is 7.19. The molecule has 0 aromatic rings. The number of hydrogen-bond donors (Lipinski definition) is 3. The van der Waals surface area contributed by atoms with Gasteiger partial charge in [-0.3, -0.25) is 0 Å². The number of nitrogens with two attached hydrogens (primary N) is 1. The molecule has 3 heteroatoms. The van der Waals surface area contributed by atoms with E-state index in [0.29, 0.717) is 17.8 Å². The van der Waals surface area contributed by atoms with E-state index in [-0.39, 0.29) is 36.9 Å². The van der Waals surface area contributed by atoms with Crippen LogP contribution in [0.25, 0.3) is 0 Å². The summed E-state index contributed by atoms with van der Waals surface area (Å²) in [5.74, 6) is 1.96. The Balaban J connectivity index is 0.00000208. The zero-order valence-electron chi connectivity index (χ0n) is 14.9. The van der Waals surface area contributed by atoms with E-state index in [4.69, 9.17) is 5.73 Å². The first kappa shape index (κ1) is 19.9. The van der Waals surface area contributed by atoms with Crippen molar-refractivity contribution in [2.75, 3.05) is 13.2 Å². The highest BCUT2D eigenvalue weighted by Gasteiger charge is 2.56. The third-order valence-electron chi connectivity index (χ3n) is 8.24. The van der Waals surface area contributed by atoms with E-state index in [9.17, 15) is 10.2 Å². The lowest BCUT2D eigenvalue weighted by Crippen LogP contribution is -2.52. The van der Waals surface area contributed by atoms with Gasteiger partial charge in [-0.15, -0.1) is 0 Å². The standard InChI is InChI=1S/C20H35NO2.CH4/c1-13-4-5-17-16(11-21)18(7-9-19(13,17)2)20(3)8-6-15(23)10-14(20)12-22;/h14-18,22-23H,1,4-12,21H2,2-3H3;1H4/t14-,15+,16+,17+,18+,19-,20+;/m1./s1. The molecule has 3 rings (SSSR count). The predicted octanol–water partition coefficient (Wildman–Crippen LogP) is 3.74. The van der Waals surface area contributed by atoms with Crippen LogP contribution in [0.5, 0.6) is 0 Å². The van der Waals surface area contributed by atoms with E-state index in [0.717, 1.165) is 32.2 Å². The Kier molecular flexibility index (Phi) is 5.89. The van der Waals surface area contributed by atoms with E-state index in [1.807, 2.05) is 0 Å². The largest absolute Gasteiger partial charge is 0.396 e. The maximum Gasteiger partial charge on any atom is 0.0544 e. The molecule has 0 aromatic heterocycles. The van der Waals surface area contributed by atoms with Gasteiger partial charge >= 0.3 is 0 Å².